The van der Waals surface area contributed by atoms with Gasteiger partial charge in [-0.3, -0.25) is 0 Å². The smallest absolute Gasteiger partial charge is 0.144 e. The Morgan fingerprint density at radius 1 is 1.00 bits per heavy atom. The van der Waals surface area contributed by atoms with E-state index in [1.54, 1.807) is 30.3 Å². The zero-order valence-corrected chi connectivity index (χ0v) is 5.14. The van der Waals surface area contributed by atoms with Crippen LogP contribution in [0.4, 0.5) is 0 Å². The number of rotatable bonds is 1. The summed E-state index contributed by atoms with van der Waals surface area (Å²) in [7, 11) is 0. The molecule has 3 rings (SSSR count). The van der Waals surface area contributed by atoms with Gasteiger partial charge >= 0.3 is 0 Å². The molecule has 2 unspecified atom stereocenters. The molecule has 8 heavy (non-hydrogen) atoms. The summed E-state index contributed by atoms with van der Waals surface area (Å²) in [4.78, 5) is 0. The van der Waals surface area contributed by atoms with Crippen LogP contribution in [0.5, 0.6) is 0 Å². The van der Waals surface area contributed by atoms with Crippen molar-refractivity contribution in [2.45, 2.75) is 31.3 Å². The van der Waals surface area contributed by atoms with Crippen LogP contribution in [-0.4, -0.2) is 29.7 Å². The maximum absolute atomic E-state index is 1.58. The van der Waals surface area contributed by atoms with Crippen LogP contribution in [0, 0.1) is 0 Å². The first kappa shape index (κ1) is 3.89. The van der Waals surface area contributed by atoms with E-state index in [0.717, 1.165) is 6.04 Å². The number of nitrogens with zero attached hydrogens (tertiary/aromatic N) is 1. The first-order valence-electron chi connectivity index (χ1n) is 3.78. The van der Waals surface area contributed by atoms with Crippen LogP contribution in [-0.2, 0) is 0 Å². The van der Waals surface area contributed by atoms with Gasteiger partial charge in [0, 0.05) is 12.8 Å². The molecule has 3 aliphatic rings. The zero-order chi connectivity index (χ0) is 5.19. The van der Waals surface area contributed by atoms with Gasteiger partial charge in [-0.2, -0.15) is 0 Å². The van der Waals surface area contributed by atoms with Gasteiger partial charge in [-0.15, -0.1) is 0 Å². The van der Waals surface area contributed by atoms with Crippen LogP contribution >= 0.6 is 0 Å². The van der Waals surface area contributed by atoms with Gasteiger partial charge in [0.2, 0.25) is 0 Å². The Morgan fingerprint density at radius 2 is 1.88 bits per heavy atom. The van der Waals surface area contributed by atoms with Crippen molar-refractivity contribution in [1.82, 2.24) is 0 Å². The van der Waals surface area contributed by atoms with E-state index in [0.29, 0.717) is 0 Å². The summed E-state index contributed by atoms with van der Waals surface area (Å²) in [5.41, 5.74) is 0. The van der Waals surface area contributed by atoms with Gasteiger partial charge in [0.25, 0.3) is 0 Å². The molecule has 1 saturated carbocycles. The Bertz CT molecular complexity index is 135. The van der Waals surface area contributed by atoms with E-state index in [1.807, 2.05) is 0 Å². The Labute approximate surface area is 49.9 Å². The average molecular weight is 110 g/mol. The molecule has 0 amide bonds. The summed E-state index contributed by atoms with van der Waals surface area (Å²) in [6.07, 6.45) is 4.66. The molecule has 0 spiro atoms. The Hall–Kier alpha value is -0.0400. The predicted octanol–water partition coefficient (Wildman–Crippen LogP) is 0.752. The summed E-state index contributed by atoms with van der Waals surface area (Å²) in [6, 6.07) is 2.33. The van der Waals surface area contributed by atoms with Gasteiger partial charge in [0.1, 0.15) is 12.6 Å². The fraction of sp³-hybridized carbons (Fsp3) is 1.00. The summed E-state index contributed by atoms with van der Waals surface area (Å²) in [6.45, 7) is 3.10. The highest BCUT2D eigenvalue weighted by atomic mass is 15.6. The van der Waals surface area contributed by atoms with Gasteiger partial charge in [-0.1, -0.05) is 0 Å². The second-order valence-corrected chi connectivity index (χ2v) is 3.68. The Balaban J connectivity index is 1.88. The SMILES string of the molecule is C1CC1[N+]12CCC1C2. The minimum atomic E-state index is 1.16. The molecule has 0 radical (unpaired) electrons. The third kappa shape index (κ3) is 0.255. The second-order valence-electron chi connectivity index (χ2n) is 3.68. The molecule has 2 heterocycles. The molecule has 2 aliphatic heterocycles. The van der Waals surface area contributed by atoms with E-state index in [-0.39, 0.29) is 0 Å². The van der Waals surface area contributed by atoms with Crippen LogP contribution in [0.2, 0.25) is 0 Å². The fourth-order valence-corrected chi connectivity index (χ4v) is 2.39. The van der Waals surface area contributed by atoms with Crippen molar-refractivity contribution >= 4 is 0 Å². The van der Waals surface area contributed by atoms with Crippen molar-refractivity contribution in [1.29, 1.82) is 0 Å². The van der Waals surface area contributed by atoms with E-state index in [2.05, 4.69) is 0 Å². The number of hydrogen-bond acceptors (Lipinski definition) is 0. The van der Waals surface area contributed by atoms with E-state index in [4.69, 9.17) is 0 Å². The van der Waals surface area contributed by atoms with Crippen LogP contribution in [0.1, 0.15) is 19.3 Å². The molecule has 0 aromatic heterocycles. The molecule has 44 valence electrons. The molecule has 0 bridgehead atoms. The van der Waals surface area contributed by atoms with Crippen LogP contribution in [0.3, 0.4) is 0 Å². The molecule has 2 saturated heterocycles. The third-order valence-electron chi connectivity index (χ3n) is 3.30. The predicted molar refractivity (Wildman–Crippen MR) is 31.4 cm³/mol. The first-order valence-corrected chi connectivity index (χ1v) is 3.78. The first-order chi connectivity index (χ1) is 3.92. The lowest BCUT2D eigenvalue weighted by Crippen LogP contribution is -2.41. The normalized spacial score (nSPS) is 59.2. The molecule has 0 aromatic carbocycles. The third-order valence-corrected chi connectivity index (χ3v) is 3.30. The highest BCUT2D eigenvalue weighted by Gasteiger charge is 2.69. The van der Waals surface area contributed by atoms with E-state index in [9.17, 15) is 0 Å². The largest absolute Gasteiger partial charge is 0.309 e. The van der Waals surface area contributed by atoms with Gasteiger partial charge in [0.15, 0.2) is 0 Å². The molecule has 1 heteroatoms. The summed E-state index contributed by atoms with van der Waals surface area (Å²) in [5, 5.41) is 0. The van der Waals surface area contributed by atoms with Crippen LogP contribution < -0.4 is 0 Å². The maximum atomic E-state index is 1.58. The highest BCUT2D eigenvalue weighted by molar-refractivity contribution is 4.93. The second kappa shape index (κ2) is 0.860. The number of quaternary nitrogens is 1. The zero-order valence-electron chi connectivity index (χ0n) is 5.14. The lowest BCUT2D eigenvalue weighted by atomic mass is 10.2. The lowest BCUT2D eigenvalue weighted by Gasteiger charge is -2.26. The molecule has 2 atom stereocenters. The monoisotopic (exact) mass is 110 g/mol. The van der Waals surface area contributed by atoms with Gasteiger partial charge < -0.3 is 4.48 Å². The fourth-order valence-electron chi connectivity index (χ4n) is 2.39. The molecule has 0 aromatic rings. The molecule has 1 aliphatic carbocycles. The van der Waals surface area contributed by atoms with Gasteiger partial charge in [-0.05, 0) is 0 Å². The van der Waals surface area contributed by atoms with Crippen molar-refractivity contribution in [3.63, 3.8) is 0 Å². The van der Waals surface area contributed by atoms with Crippen molar-refractivity contribution < 1.29 is 4.48 Å². The minimum absolute atomic E-state index is 1.16. The van der Waals surface area contributed by atoms with Crippen molar-refractivity contribution in [2.24, 2.45) is 0 Å². The van der Waals surface area contributed by atoms with Crippen molar-refractivity contribution in [3.8, 4) is 0 Å². The maximum Gasteiger partial charge on any atom is 0.144 e. The lowest BCUT2D eigenvalue weighted by molar-refractivity contribution is -0.858. The quantitative estimate of drug-likeness (QED) is 0.345. The van der Waals surface area contributed by atoms with Gasteiger partial charge in [-0.25, -0.2) is 0 Å². The van der Waals surface area contributed by atoms with Crippen molar-refractivity contribution in [2.75, 3.05) is 13.1 Å². The van der Waals surface area contributed by atoms with E-state index < -0.39 is 0 Å². The summed E-state index contributed by atoms with van der Waals surface area (Å²) < 4.78 is 1.58. The van der Waals surface area contributed by atoms with Crippen LogP contribution in [0.15, 0.2) is 0 Å². The standard InChI is InChI=1S/C7H12N/c1-2-6(1)8-4-3-7(8)5-8/h6-7H,1-5H2/q+1. The van der Waals surface area contributed by atoms with E-state index >= 15 is 0 Å². The Kier molecular flexibility index (Phi) is 0.418. The van der Waals surface area contributed by atoms with Gasteiger partial charge in [0.05, 0.1) is 19.0 Å². The topological polar surface area (TPSA) is 0 Å². The number of hydrogen-bond donors (Lipinski definition) is 0. The van der Waals surface area contributed by atoms with Crippen molar-refractivity contribution in [3.05, 3.63) is 0 Å². The molecular weight excluding hydrogens is 98.1 g/mol. The molecule has 1 nitrogen and oxygen atoms in total. The Morgan fingerprint density at radius 3 is 2.00 bits per heavy atom. The highest BCUT2D eigenvalue weighted by Crippen LogP contribution is 2.53. The molecule has 0 N–H and O–H groups in total. The minimum Gasteiger partial charge on any atom is -0.309 e. The average Bonchev–Trinajstić information content (AvgIpc) is 2.50. The summed E-state index contributed by atoms with van der Waals surface area (Å²) >= 11 is 0. The number of fused-ring (bicyclic) bond motifs is 1. The molecular formula is C7H12N+. The van der Waals surface area contributed by atoms with Crippen LogP contribution in [0.25, 0.3) is 0 Å². The molecule has 3 fully saturated rings. The summed E-state index contributed by atoms with van der Waals surface area (Å²) in [5.74, 6) is 0. The van der Waals surface area contributed by atoms with E-state index in [1.165, 1.54) is 12.6 Å².